The highest BCUT2D eigenvalue weighted by Crippen LogP contribution is 2.25. The average molecular weight is 331 g/mol. The van der Waals surface area contributed by atoms with E-state index in [1.165, 1.54) is 0 Å². The van der Waals surface area contributed by atoms with Crippen LogP contribution < -0.4 is 10.1 Å². The number of hydrogen-bond acceptors (Lipinski definition) is 2. The normalized spacial score (nSPS) is 10.4. The van der Waals surface area contributed by atoms with Gasteiger partial charge in [-0.1, -0.05) is 34.8 Å². The molecule has 2 aromatic carbocycles. The third-order valence-corrected chi connectivity index (χ3v) is 3.72. The molecule has 0 amide bonds. The predicted octanol–water partition coefficient (Wildman–Crippen LogP) is 5.45. The van der Waals surface area contributed by atoms with E-state index in [9.17, 15) is 0 Å². The largest absolute Gasteiger partial charge is 0.492 e. The molecule has 0 aliphatic rings. The fraction of sp³-hybridized carbons (Fsp3) is 0.200. The molecule has 0 saturated heterocycles. The standard InChI is InChI=1S/C15H14Cl3NO/c1-10-8-12(3-4-13(10)17)20-7-6-19-15-5-2-11(16)9-14(15)18/h2-5,8-9,19H,6-7H2,1H3. The van der Waals surface area contributed by atoms with Gasteiger partial charge in [0.15, 0.2) is 0 Å². The van der Waals surface area contributed by atoms with Crippen LogP contribution in [-0.2, 0) is 0 Å². The van der Waals surface area contributed by atoms with Gasteiger partial charge in [-0.15, -0.1) is 0 Å². The number of ether oxygens (including phenoxy) is 1. The summed E-state index contributed by atoms with van der Waals surface area (Å²) in [6, 6.07) is 10.9. The van der Waals surface area contributed by atoms with E-state index < -0.39 is 0 Å². The van der Waals surface area contributed by atoms with Crippen LogP contribution in [0.2, 0.25) is 15.1 Å². The van der Waals surface area contributed by atoms with Crippen molar-refractivity contribution in [3.05, 3.63) is 57.0 Å². The summed E-state index contributed by atoms with van der Waals surface area (Å²) in [5, 5.41) is 5.15. The summed E-state index contributed by atoms with van der Waals surface area (Å²) in [7, 11) is 0. The third-order valence-electron chi connectivity index (χ3n) is 2.75. The van der Waals surface area contributed by atoms with Crippen LogP contribution in [0, 0.1) is 6.92 Å². The Morgan fingerprint density at radius 3 is 2.50 bits per heavy atom. The first-order valence-electron chi connectivity index (χ1n) is 6.14. The maximum absolute atomic E-state index is 6.06. The van der Waals surface area contributed by atoms with Gasteiger partial charge < -0.3 is 10.1 Å². The van der Waals surface area contributed by atoms with E-state index in [1.54, 1.807) is 12.1 Å². The van der Waals surface area contributed by atoms with Gasteiger partial charge in [-0.2, -0.15) is 0 Å². The van der Waals surface area contributed by atoms with E-state index in [2.05, 4.69) is 5.32 Å². The van der Waals surface area contributed by atoms with Crippen molar-refractivity contribution in [2.45, 2.75) is 6.92 Å². The van der Waals surface area contributed by atoms with Gasteiger partial charge in [0, 0.05) is 16.6 Å². The monoisotopic (exact) mass is 329 g/mol. The van der Waals surface area contributed by atoms with Gasteiger partial charge in [-0.05, 0) is 48.9 Å². The smallest absolute Gasteiger partial charge is 0.119 e. The van der Waals surface area contributed by atoms with Crippen molar-refractivity contribution in [3.63, 3.8) is 0 Å². The van der Waals surface area contributed by atoms with Crippen LogP contribution in [0.25, 0.3) is 0 Å². The Kier molecular flexibility index (Phi) is 5.41. The lowest BCUT2D eigenvalue weighted by molar-refractivity contribution is 0.332. The van der Waals surface area contributed by atoms with Crippen LogP contribution in [0.4, 0.5) is 5.69 Å². The first kappa shape index (κ1) is 15.3. The molecule has 0 radical (unpaired) electrons. The molecule has 2 aromatic rings. The molecular weight excluding hydrogens is 317 g/mol. The number of halogens is 3. The summed E-state index contributed by atoms with van der Waals surface area (Å²) in [6.07, 6.45) is 0. The zero-order valence-corrected chi connectivity index (χ0v) is 13.2. The molecule has 20 heavy (non-hydrogen) atoms. The summed E-state index contributed by atoms with van der Waals surface area (Å²) < 4.78 is 5.64. The lowest BCUT2D eigenvalue weighted by atomic mass is 10.2. The number of hydrogen-bond donors (Lipinski definition) is 1. The van der Waals surface area contributed by atoms with E-state index in [4.69, 9.17) is 39.5 Å². The second-order valence-corrected chi connectivity index (χ2v) is 5.56. The van der Waals surface area contributed by atoms with Gasteiger partial charge in [-0.25, -0.2) is 0 Å². The molecule has 1 N–H and O–H groups in total. The van der Waals surface area contributed by atoms with Gasteiger partial charge in [0.2, 0.25) is 0 Å². The second kappa shape index (κ2) is 7.07. The minimum atomic E-state index is 0.528. The molecule has 5 heteroatoms. The average Bonchev–Trinajstić information content (AvgIpc) is 2.40. The van der Waals surface area contributed by atoms with E-state index in [0.29, 0.717) is 23.2 Å². The van der Waals surface area contributed by atoms with Crippen LogP contribution >= 0.6 is 34.8 Å². The highest BCUT2D eigenvalue weighted by Gasteiger charge is 2.01. The molecule has 0 aliphatic carbocycles. The minimum absolute atomic E-state index is 0.528. The zero-order valence-electron chi connectivity index (χ0n) is 10.9. The fourth-order valence-electron chi connectivity index (χ4n) is 1.69. The number of rotatable bonds is 5. The van der Waals surface area contributed by atoms with Gasteiger partial charge in [-0.3, -0.25) is 0 Å². The molecule has 0 bridgehead atoms. The minimum Gasteiger partial charge on any atom is -0.492 e. The SMILES string of the molecule is Cc1cc(OCCNc2ccc(Cl)cc2Cl)ccc1Cl. The van der Waals surface area contributed by atoms with Crippen molar-refractivity contribution in [2.24, 2.45) is 0 Å². The highest BCUT2D eigenvalue weighted by atomic mass is 35.5. The van der Waals surface area contributed by atoms with Crippen LogP contribution in [0.1, 0.15) is 5.56 Å². The Morgan fingerprint density at radius 2 is 1.80 bits per heavy atom. The third kappa shape index (κ3) is 4.20. The quantitative estimate of drug-likeness (QED) is 0.736. The first-order chi connectivity index (χ1) is 9.56. The number of anilines is 1. The highest BCUT2D eigenvalue weighted by molar-refractivity contribution is 6.36. The number of benzene rings is 2. The number of aryl methyl sites for hydroxylation is 1. The fourth-order valence-corrected chi connectivity index (χ4v) is 2.29. The summed E-state index contributed by atoms with van der Waals surface area (Å²) >= 11 is 17.9. The van der Waals surface area contributed by atoms with Crippen molar-refractivity contribution >= 4 is 40.5 Å². The molecule has 0 spiro atoms. The Labute approximate surface area is 133 Å². The zero-order chi connectivity index (χ0) is 14.5. The van der Waals surface area contributed by atoms with Crippen molar-refractivity contribution in [1.82, 2.24) is 0 Å². The molecule has 0 aromatic heterocycles. The first-order valence-corrected chi connectivity index (χ1v) is 7.27. The topological polar surface area (TPSA) is 21.3 Å². The maximum atomic E-state index is 6.06. The molecule has 0 atom stereocenters. The molecule has 2 nitrogen and oxygen atoms in total. The van der Waals surface area contributed by atoms with Crippen LogP contribution in [0.3, 0.4) is 0 Å². The van der Waals surface area contributed by atoms with Crippen LogP contribution in [-0.4, -0.2) is 13.2 Å². The summed E-state index contributed by atoms with van der Waals surface area (Å²) in [5.74, 6) is 0.802. The molecule has 0 unspecified atom stereocenters. The molecule has 0 saturated carbocycles. The van der Waals surface area contributed by atoms with Gasteiger partial charge >= 0.3 is 0 Å². The summed E-state index contributed by atoms with van der Waals surface area (Å²) in [6.45, 7) is 3.12. The van der Waals surface area contributed by atoms with Crippen LogP contribution in [0.5, 0.6) is 5.75 Å². The van der Waals surface area contributed by atoms with Gasteiger partial charge in [0.25, 0.3) is 0 Å². The number of nitrogens with one attached hydrogen (secondary N) is 1. The Bertz CT molecular complexity index is 602. The van der Waals surface area contributed by atoms with E-state index in [1.807, 2.05) is 31.2 Å². The van der Waals surface area contributed by atoms with Gasteiger partial charge in [0.05, 0.1) is 10.7 Å². The molecule has 0 heterocycles. The Balaban J connectivity index is 1.82. The molecule has 0 fully saturated rings. The predicted molar refractivity (Wildman–Crippen MR) is 86.6 cm³/mol. The van der Waals surface area contributed by atoms with Crippen molar-refractivity contribution in [2.75, 3.05) is 18.5 Å². The van der Waals surface area contributed by atoms with Crippen molar-refractivity contribution in [3.8, 4) is 5.75 Å². The maximum Gasteiger partial charge on any atom is 0.119 e. The van der Waals surface area contributed by atoms with Gasteiger partial charge in [0.1, 0.15) is 12.4 Å². The van der Waals surface area contributed by atoms with E-state index in [0.717, 1.165) is 22.0 Å². The second-order valence-electron chi connectivity index (χ2n) is 4.31. The Hall–Kier alpha value is -1.09. The molecule has 2 rings (SSSR count). The Morgan fingerprint density at radius 1 is 1.00 bits per heavy atom. The lowest BCUT2D eigenvalue weighted by Gasteiger charge is -2.10. The van der Waals surface area contributed by atoms with Crippen LogP contribution in [0.15, 0.2) is 36.4 Å². The molecular formula is C15H14Cl3NO. The summed E-state index contributed by atoms with van der Waals surface area (Å²) in [5.41, 5.74) is 1.84. The van der Waals surface area contributed by atoms with E-state index in [-0.39, 0.29) is 0 Å². The van der Waals surface area contributed by atoms with Crippen molar-refractivity contribution in [1.29, 1.82) is 0 Å². The van der Waals surface area contributed by atoms with E-state index >= 15 is 0 Å². The lowest BCUT2D eigenvalue weighted by Crippen LogP contribution is -2.11. The molecule has 106 valence electrons. The summed E-state index contributed by atoms with van der Waals surface area (Å²) in [4.78, 5) is 0. The molecule has 0 aliphatic heterocycles. The van der Waals surface area contributed by atoms with Crippen molar-refractivity contribution < 1.29 is 4.74 Å².